The van der Waals surface area contributed by atoms with Crippen molar-refractivity contribution < 1.29 is 9.15 Å². The van der Waals surface area contributed by atoms with E-state index in [1.165, 1.54) is 11.3 Å². The SMILES string of the molecule is Cc1oc(-c2ccccc2Cl)nc1COc1ccc(C=NNc2nc(N)cs2)cc1. The number of aryl methyl sites for hydroxylation is 1. The van der Waals surface area contributed by atoms with Crippen molar-refractivity contribution in [2.45, 2.75) is 13.5 Å². The molecule has 4 rings (SSSR count). The van der Waals surface area contributed by atoms with Crippen molar-refractivity contribution in [2.24, 2.45) is 5.10 Å². The molecule has 2 heterocycles. The minimum absolute atomic E-state index is 0.292. The molecule has 2 aromatic heterocycles. The number of aromatic nitrogens is 2. The van der Waals surface area contributed by atoms with Gasteiger partial charge in [0, 0.05) is 5.38 Å². The van der Waals surface area contributed by atoms with Crippen molar-refractivity contribution in [1.29, 1.82) is 0 Å². The van der Waals surface area contributed by atoms with Crippen LogP contribution in [0.2, 0.25) is 5.02 Å². The summed E-state index contributed by atoms with van der Waals surface area (Å²) in [5.41, 5.74) is 10.8. The molecule has 4 aromatic rings. The van der Waals surface area contributed by atoms with Gasteiger partial charge in [-0.15, -0.1) is 11.3 Å². The lowest BCUT2D eigenvalue weighted by molar-refractivity contribution is 0.299. The minimum Gasteiger partial charge on any atom is -0.487 e. The second-order valence-electron chi connectivity index (χ2n) is 6.31. The number of nitrogens with two attached hydrogens (primary N) is 1. The zero-order valence-corrected chi connectivity index (χ0v) is 17.6. The van der Waals surface area contributed by atoms with Crippen LogP contribution in [0.1, 0.15) is 17.0 Å². The summed E-state index contributed by atoms with van der Waals surface area (Å²) < 4.78 is 11.6. The third-order valence-corrected chi connectivity index (χ3v) is 5.24. The molecule has 9 heteroatoms. The number of hydrazone groups is 1. The maximum Gasteiger partial charge on any atom is 0.228 e. The number of thiazole rings is 1. The summed E-state index contributed by atoms with van der Waals surface area (Å²) in [6.07, 6.45) is 1.69. The van der Waals surface area contributed by atoms with E-state index < -0.39 is 0 Å². The highest BCUT2D eigenvalue weighted by Crippen LogP contribution is 2.28. The summed E-state index contributed by atoms with van der Waals surface area (Å²) in [6, 6.07) is 15.0. The van der Waals surface area contributed by atoms with Gasteiger partial charge in [-0.25, -0.2) is 9.97 Å². The first-order chi connectivity index (χ1) is 14.6. The van der Waals surface area contributed by atoms with Crippen LogP contribution in [-0.4, -0.2) is 16.2 Å². The molecule has 0 radical (unpaired) electrons. The molecular weight excluding hydrogens is 422 g/mol. The Bertz CT molecular complexity index is 1170. The molecule has 0 bridgehead atoms. The van der Waals surface area contributed by atoms with Gasteiger partial charge >= 0.3 is 0 Å². The Morgan fingerprint density at radius 3 is 2.73 bits per heavy atom. The van der Waals surface area contributed by atoms with Crippen LogP contribution in [0.4, 0.5) is 10.9 Å². The molecular formula is C21H18ClN5O2S. The Labute approximate surface area is 182 Å². The van der Waals surface area contributed by atoms with Crippen LogP contribution in [0.15, 0.2) is 63.4 Å². The molecule has 7 nitrogen and oxygen atoms in total. The van der Waals surface area contributed by atoms with E-state index in [-0.39, 0.29) is 0 Å². The molecule has 0 saturated heterocycles. The molecule has 0 saturated carbocycles. The van der Waals surface area contributed by atoms with Crippen LogP contribution in [0.5, 0.6) is 5.75 Å². The van der Waals surface area contributed by atoms with Crippen LogP contribution >= 0.6 is 22.9 Å². The van der Waals surface area contributed by atoms with E-state index >= 15 is 0 Å². The third kappa shape index (κ3) is 4.79. The molecule has 0 spiro atoms. The van der Waals surface area contributed by atoms with E-state index in [9.17, 15) is 0 Å². The highest BCUT2D eigenvalue weighted by molar-refractivity contribution is 7.14. The lowest BCUT2D eigenvalue weighted by Crippen LogP contribution is -1.98. The number of ether oxygens (including phenoxy) is 1. The van der Waals surface area contributed by atoms with Gasteiger partial charge in [-0.1, -0.05) is 23.7 Å². The molecule has 3 N–H and O–H groups in total. The summed E-state index contributed by atoms with van der Waals surface area (Å²) in [7, 11) is 0. The second-order valence-corrected chi connectivity index (χ2v) is 7.57. The van der Waals surface area contributed by atoms with Crippen LogP contribution in [0.3, 0.4) is 0 Å². The van der Waals surface area contributed by atoms with E-state index in [0.29, 0.717) is 34.2 Å². The first kappa shape index (κ1) is 19.9. The van der Waals surface area contributed by atoms with E-state index in [0.717, 1.165) is 22.6 Å². The number of benzene rings is 2. The molecule has 152 valence electrons. The van der Waals surface area contributed by atoms with Crippen molar-refractivity contribution in [3.8, 4) is 17.2 Å². The average molecular weight is 440 g/mol. The average Bonchev–Trinajstić information content (AvgIpc) is 3.33. The molecule has 30 heavy (non-hydrogen) atoms. The summed E-state index contributed by atoms with van der Waals surface area (Å²) in [5, 5.41) is 7.13. The van der Waals surface area contributed by atoms with Crippen molar-refractivity contribution in [3.05, 3.63) is 76.0 Å². The second kappa shape index (κ2) is 8.98. The largest absolute Gasteiger partial charge is 0.487 e. The van der Waals surface area contributed by atoms with E-state index in [2.05, 4.69) is 20.5 Å². The molecule has 0 aliphatic carbocycles. The predicted molar refractivity (Wildman–Crippen MR) is 120 cm³/mol. The third-order valence-electron chi connectivity index (χ3n) is 4.15. The molecule has 0 aliphatic rings. The fraction of sp³-hybridized carbons (Fsp3) is 0.0952. The quantitative estimate of drug-likeness (QED) is 0.297. The van der Waals surface area contributed by atoms with Gasteiger partial charge in [0.05, 0.1) is 16.8 Å². The Hall–Kier alpha value is -3.36. The number of anilines is 2. The number of oxazole rings is 1. The first-order valence-electron chi connectivity index (χ1n) is 9.02. The summed E-state index contributed by atoms with van der Waals surface area (Å²) >= 11 is 7.62. The maximum atomic E-state index is 6.23. The van der Waals surface area contributed by atoms with Crippen molar-refractivity contribution in [1.82, 2.24) is 9.97 Å². The van der Waals surface area contributed by atoms with Gasteiger partial charge < -0.3 is 14.9 Å². The van der Waals surface area contributed by atoms with Gasteiger partial charge in [0.15, 0.2) is 0 Å². The van der Waals surface area contributed by atoms with Gasteiger partial charge in [0.1, 0.15) is 29.6 Å². The molecule has 0 fully saturated rings. The van der Waals surface area contributed by atoms with Crippen LogP contribution < -0.4 is 15.9 Å². The predicted octanol–water partition coefficient (Wildman–Crippen LogP) is 5.37. The summed E-state index contributed by atoms with van der Waals surface area (Å²) in [4.78, 5) is 8.60. The standard InChI is InChI=1S/C21H18ClN5O2S/c1-13-18(25-20(29-13)16-4-2-3-5-17(16)22)11-28-15-8-6-14(7-9-15)10-24-27-21-26-19(23)12-30-21/h2-10,12H,11,23H2,1H3,(H,26,27). The molecule has 0 atom stereocenters. The Morgan fingerprint density at radius 2 is 2.00 bits per heavy atom. The lowest BCUT2D eigenvalue weighted by Gasteiger charge is -2.04. The lowest BCUT2D eigenvalue weighted by atomic mass is 10.2. The van der Waals surface area contributed by atoms with Crippen molar-refractivity contribution in [3.63, 3.8) is 0 Å². The minimum atomic E-state index is 0.292. The highest BCUT2D eigenvalue weighted by atomic mass is 35.5. The fourth-order valence-electron chi connectivity index (χ4n) is 2.61. The summed E-state index contributed by atoms with van der Waals surface area (Å²) in [5.74, 6) is 2.37. The Kier molecular flexibility index (Phi) is 5.97. The highest BCUT2D eigenvalue weighted by Gasteiger charge is 2.14. The number of nitrogen functional groups attached to an aromatic ring is 1. The Morgan fingerprint density at radius 1 is 1.20 bits per heavy atom. The number of hydrogen-bond donors (Lipinski definition) is 2. The summed E-state index contributed by atoms with van der Waals surface area (Å²) in [6.45, 7) is 2.15. The normalized spacial score (nSPS) is 11.1. The monoisotopic (exact) mass is 439 g/mol. The van der Waals surface area contributed by atoms with Gasteiger partial charge in [-0.3, -0.25) is 5.43 Å². The Balaban J connectivity index is 1.36. The zero-order chi connectivity index (χ0) is 20.9. The van der Waals surface area contributed by atoms with E-state index in [1.54, 1.807) is 17.7 Å². The smallest absolute Gasteiger partial charge is 0.228 e. The van der Waals surface area contributed by atoms with Crippen LogP contribution in [0, 0.1) is 6.92 Å². The van der Waals surface area contributed by atoms with E-state index in [1.807, 2.05) is 49.4 Å². The van der Waals surface area contributed by atoms with Gasteiger partial charge in [-0.05, 0) is 48.9 Å². The van der Waals surface area contributed by atoms with Crippen molar-refractivity contribution >= 4 is 40.1 Å². The van der Waals surface area contributed by atoms with Crippen LogP contribution in [0.25, 0.3) is 11.5 Å². The maximum absolute atomic E-state index is 6.23. The number of rotatable bonds is 7. The number of hydrogen-bond acceptors (Lipinski definition) is 8. The van der Waals surface area contributed by atoms with Crippen LogP contribution in [-0.2, 0) is 6.61 Å². The first-order valence-corrected chi connectivity index (χ1v) is 10.3. The number of halogens is 1. The fourth-order valence-corrected chi connectivity index (χ4v) is 3.38. The molecule has 0 unspecified atom stereocenters. The topological polar surface area (TPSA) is 98.6 Å². The van der Waals surface area contributed by atoms with E-state index in [4.69, 9.17) is 26.5 Å². The zero-order valence-electron chi connectivity index (χ0n) is 16.0. The number of nitrogens with one attached hydrogen (secondary N) is 1. The van der Waals surface area contributed by atoms with Gasteiger partial charge in [0.25, 0.3) is 0 Å². The van der Waals surface area contributed by atoms with Gasteiger partial charge in [0.2, 0.25) is 11.0 Å². The molecule has 0 aliphatic heterocycles. The molecule has 0 amide bonds. The molecule has 2 aromatic carbocycles. The van der Waals surface area contributed by atoms with Crippen molar-refractivity contribution in [2.75, 3.05) is 11.2 Å². The number of nitrogens with zero attached hydrogens (tertiary/aromatic N) is 3. The van der Waals surface area contributed by atoms with Gasteiger partial charge in [-0.2, -0.15) is 5.10 Å².